The zero-order valence-corrected chi connectivity index (χ0v) is 18.1. The largest absolute Gasteiger partial charge is 0.494 e. The van der Waals surface area contributed by atoms with Crippen LogP contribution in [0.3, 0.4) is 0 Å². The van der Waals surface area contributed by atoms with Gasteiger partial charge < -0.3 is 18.8 Å². The zero-order valence-electron chi connectivity index (χ0n) is 18.1. The maximum Gasteiger partial charge on any atom is 0.297 e. The number of aromatic nitrogens is 1. The highest BCUT2D eigenvalue weighted by Crippen LogP contribution is 2.35. The summed E-state index contributed by atoms with van der Waals surface area (Å²) in [4.78, 5) is 13.4. The smallest absolute Gasteiger partial charge is 0.297 e. The molecule has 0 saturated heterocycles. The quantitative estimate of drug-likeness (QED) is 0.389. The number of fused-ring (bicyclic) bond motifs is 1. The Hall–Kier alpha value is -2.95. The monoisotopic (exact) mass is 409 g/mol. The summed E-state index contributed by atoms with van der Waals surface area (Å²) >= 11 is 0. The Labute approximate surface area is 178 Å². The first kappa shape index (κ1) is 21.8. The minimum absolute atomic E-state index is 0.172. The lowest BCUT2D eigenvalue weighted by Crippen LogP contribution is -2.23. The molecule has 160 valence electrons. The molecule has 0 spiro atoms. The Bertz CT molecular complexity index is 1010. The van der Waals surface area contributed by atoms with Crippen molar-refractivity contribution >= 4 is 10.9 Å². The fraction of sp³-hybridized carbons (Fsp3) is 0.400. The number of methoxy groups -OCH3 is 1. The SMILES string of the molecule is CCCCOc1ccc2c(OC)c(OCc3ccccc3)c(=O)n(CCCC)c2c1. The van der Waals surface area contributed by atoms with Crippen molar-refractivity contribution in [3.8, 4) is 17.2 Å². The van der Waals surface area contributed by atoms with Gasteiger partial charge in [0.15, 0.2) is 5.75 Å². The van der Waals surface area contributed by atoms with E-state index in [-0.39, 0.29) is 11.3 Å². The van der Waals surface area contributed by atoms with Crippen molar-refractivity contribution in [1.29, 1.82) is 0 Å². The first-order chi connectivity index (χ1) is 14.7. The summed E-state index contributed by atoms with van der Waals surface area (Å²) in [5, 5.41) is 0.846. The van der Waals surface area contributed by atoms with E-state index in [0.29, 0.717) is 25.5 Å². The van der Waals surface area contributed by atoms with Gasteiger partial charge in [0.05, 0.1) is 19.2 Å². The van der Waals surface area contributed by atoms with E-state index >= 15 is 0 Å². The highest BCUT2D eigenvalue weighted by Gasteiger charge is 2.19. The van der Waals surface area contributed by atoms with Crippen LogP contribution < -0.4 is 19.8 Å². The second-order valence-corrected chi connectivity index (χ2v) is 7.33. The van der Waals surface area contributed by atoms with E-state index in [2.05, 4.69) is 13.8 Å². The van der Waals surface area contributed by atoms with Crippen LogP contribution in [0.2, 0.25) is 0 Å². The summed E-state index contributed by atoms with van der Waals surface area (Å²) in [6.45, 7) is 5.84. The number of ether oxygens (including phenoxy) is 3. The van der Waals surface area contributed by atoms with Gasteiger partial charge in [-0.3, -0.25) is 4.79 Å². The summed E-state index contributed by atoms with van der Waals surface area (Å²) in [5.74, 6) is 1.49. The fourth-order valence-corrected chi connectivity index (χ4v) is 3.40. The molecule has 0 aliphatic heterocycles. The maximum absolute atomic E-state index is 13.4. The predicted octanol–water partition coefficient (Wildman–Crippen LogP) is 5.57. The van der Waals surface area contributed by atoms with Crippen molar-refractivity contribution in [2.24, 2.45) is 0 Å². The van der Waals surface area contributed by atoms with Crippen LogP contribution in [0.1, 0.15) is 45.1 Å². The molecule has 3 aromatic rings. The molecule has 0 saturated carbocycles. The van der Waals surface area contributed by atoms with Crippen LogP contribution in [0.25, 0.3) is 10.9 Å². The van der Waals surface area contributed by atoms with E-state index < -0.39 is 0 Å². The number of unbranched alkanes of at least 4 members (excludes halogenated alkanes) is 2. The summed E-state index contributed by atoms with van der Waals surface area (Å²) in [6, 6.07) is 15.6. The Morgan fingerprint density at radius 2 is 1.67 bits per heavy atom. The highest BCUT2D eigenvalue weighted by molar-refractivity contribution is 5.89. The summed E-state index contributed by atoms with van der Waals surface area (Å²) in [7, 11) is 1.58. The van der Waals surface area contributed by atoms with Crippen molar-refractivity contribution in [1.82, 2.24) is 4.57 Å². The Kier molecular flexibility index (Phi) is 7.77. The van der Waals surface area contributed by atoms with E-state index in [4.69, 9.17) is 14.2 Å². The molecule has 1 heterocycles. The van der Waals surface area contributed by atoms with Gasteiger partial charge >= 0.3 is 0 Å². The average Bonchev–Trinajstić information content (AvgIpc) is 2.78. The van der Waals surface area contributed by atoms with Crippen LogP contribution in [0.5, 0.6) is 17.2 Å². The number of pyridine rings is 1. The second-order valence-electron chi connectivity index (χ2n) is 7.33. The summed E-state index contributed by atoms with van der Waals surface area (Å²) in [6.07, 6.45) is 3.97. The molecule has 2 aromatic carbocycles. The molecular weight excluding hydrogens is 378 g/mol. The second kappa shape index (κ2) is 10.7. The summed E-state index contributed by atoms with van der Waals surface area (Å²) < 4.78 is 19.3. The van der Waals surface area contributed by atoms with Gasteiger partial charge in [0, 0.05) is 18.0 Å². The molecule has 0 amide bonds. The standard InChI is InChI=1S/C25H31NO4/c1-4-6-15-26-22-17-20(29-16-7-5-2)13-14-21(22)23(28-3)24(25(26)27)30-18-19-11-9-8-10-12-19/h8-14,17H,4-7,15-16,18H2,1-3H3. The molecule has 1 aromatic heterocycles. The van der Waals surface area contributed by atoms with Crippen molar-refractivity contribution in [3.63, 3.8) is 0 Å². The first-order valence-corrected chi connectivity index (χ1v) is 10.7. The van der Waals surface area contributed by atoms with Gasteiger partial charge in [-0.2, -0.15) is 0 Å². The zero-order chi connectivity index (χ0) is 21.3. The lowest BCUT2D eigenvalue weighted by Gasteiger charge is -2.18. The van der Waals surface area contributed by atoms with Crippen molar-refractivity contribution in [2.45, 2.75) is 52.7 Å². The van der Waals surface area contributed by atoms with Gasteiger partial charge in [-0.15, -0.1) is 0 Å². The number of rotatable bonds is 11. The van der Waals surface area contributed by atoms with E-state index in [0.717, 1.165) is 47.9 Å². The maximum atomic E-state index is 13.4. The molecule has 0 bridgehead atoms. The lowest BCUT2D eigenvalue weighted by molar-refractivity contribution is 0.279. The number of hydrogen-bond acceptors (Lipinski definition) is 4. The topological polar surface area (TPSA) is 49.7 Å². The van der Waals surface area contributed by atoms with Gasteiger partial charge in [0.2, 0.25) is 5.75 Å². The third kappa shape index (κ3) is 4.96. The molecule has 3 rings (SSSR count). The molecule has 0 radical (unpaired) electrons. The van der Waals surface area contributed by atoms with Gasteiger partial charge in [0.25, 0.3) is 5.56 Å². The normalized spacial score (nSPS) is 10.9. The molecular formula is C25H31NO4. The number of benzene rings is 2. The molecule has 30 heavy (non-hydrogen) atoms. The van der Waals surface area contributed by atoms with Crippen LogP contribution in [0.4, 0.5) is 0 Å². The molecule has 0 unspecified atom stereocenters. The molecule has 0 fully saturated rings. The third-order valence-electron chi connectivity index (χ3n) is 5.08. The van der Waals surface area contributed by atoms with E-state index in [1.54, 1.807) is 11.7 Å². The van der Waals surface area contributed by atoms with Crippen LogP contribution in [0, 0.1) is 0 Å². The lowest BCUT2D eigenvalue weighted by atomic mass is 10.1. The van der Waals surface area contributed by atoms with Crippen LogP contribution in [-0.4, -0.2) is 18.3 Å². The van der Waals surface area contributed by atoms with Gasteiger partial charge in [0.1, 0.15) is 12.4 Å². The number of aryl methyl sites for hydroxylation is 1. The minimum atomic E-state index is -0.172. The van der Waals surface area contributed by atoms with Gasteiger partial charge in [-0.1, -0.05) is 57.0 Å². The van der Waals surface area contributed by atoms with Crippen LogP contribution in [0.15, 0.2) is 53.3 Å². The molecule has 0 N–H and O–H groups in total. The first-order valence-electron chi connectivity index (χ1n) is 10.7. The minimum Gasteiger partial charge on any atom is -0.494 e. The molecule has 0 atom stereocenters. The Morgan fingerprint density at radius 3 is 2.37 bits per heavy atom. The van der Waals surface area contributed by atoms with Crippen molar-refractivity contribution in [3.05, 3.63) is 64.4 Å². The number of hydrogen-bond donors (Lipinski definition) is 0. The van der Waals surface area contributed by atoms with Gasteiger partial charge in [-0.25, -0.2) is 0 Å². The Morgan fingerprint density at radius 1 is 0.900 bits per heavy atom. The number of nitrogens with zero attached hydrogens (tertiary/aromatic N) is 1. The van der Waals surface area contributed by atoms with E-state index in [1.807, 2.05) is 48.5 Å². The van der Waals surface area contributed by atoms with Crippen molar-refractivity contribution in [2.75, 3.05) is 13.7 Å². The highest BCUT2D eigenvalue weighted by atomic mass is 16.5. The average molecular weight is 410 g/mol. The molecule has 5 heteroatoms. The molecule has 5 nitrogen and oxygen atoms in total. The van der Waals surface area contributed by atoms with E-state index in [1.165, 1.54) is 0 Å². The molecule has 0 aliphatic rings. The van der Waals surface area contributed by atoms with Gasteiger partial charge in [-0.05, 0) is 30.5 Å². The molecule has 0 aliphatic carbocycles. The predicted molar refractivity (Wildman–Crippen MR) is 121 cm³/mol. The fourth-order valence-electron chi connectivity index (χ4n) is 3.40. The van der Waals surface area contributed by atoms with Crippen LogP contribution in [-0.2, 0) is 13.2 Å². The van der Waals surface area contributed by atoms with Crippen molar-refractivity contribution < 1.29 is 14.2 Å². The van der Waals surface area contributed by atoms with E-state index in [9.17, 15) is 4.79 Å². The Balaban J connectivity index is 2.05. The van der Waals surface area contributed by atoms with Crippen LogP contribution >= 0.6 is 0 Å². The summed E-state index contributed by atoms with van der Waals surface area (Å²) in [5.41, 5.74) is 1.64. The third-order valence-corrected chi connectivity index (χ3v) is 5.08.